The average Bonchev–Trinajstić information content (AvgIpc) is 2.38. The predicted octanol–water partition coefficient (Wildman–Crippen LogP) is 3.33. The zero-order valence-electron chi connectivity index (χ0n) is 11.4. The molecule has 1 aliphatic rings. The van der Waals surface area contributed by atoms with Crippen LogP contribution >= 0.6 is 0 Å². The van der Waals surface area contributed by atoms with Crippen molar-refractivity contribution in [3.05, 3.63) is 48.2 Å². The van der Waals surface area contributed by atoms with Gasteiger partial charge in [-0.05, 0) is 42.8 Å². The lowest BCUT2D eigenvalue weighted by atomic mass is 10.2. The van der Waals surface area contributed by atoms with Crippen LogP contribution in [-0.4, -0.2) is 30.5 Å². The molecule has 0 saturated heterocycles. The first-order valence-corrected chi connectivity index (χ1v) is 6.08. The van der Waals surface area contributed by atoms with E-state index in [9.17, 15) is 5.21 Å². The summed E-state index contributed by atoms with van der Waals surface area (Å²) in [5.41, 5.74) is 2.82. The molecule has 1 atom stereocenters. The van der Waals surface area contributed by atoms with Crippen molar-refractivity contribution in [2.45, 2.75) is 13.1 Å². The summed E-state index contributed by atoms with van der Waals surface area (Å²) < 4.78 is 0. The van der Waals surface area contributed by atoms with Crippen LogP contribution in [0.3, 0.4) is 0 Å². The topological polar surface area (TPSA) is 51.4 Å². The van der Waals surface area contributed by atoms with Gasteiger partial charge >= 0.3 is 0 Å². The molecule has 0 radical (unpaired) electrons. The number of hydrogen-bond acceptors (Lipinski definition) is 5. The summed E-state index contributed by atoms with van der Waals surface area (Å²) in [6.07, 6.45) is 4.79. The Hall–Kier alpha value is -2.14. The minimum Gasteiger partial charge on any atom is -0.378 e. The lowest BCUT2D eigenvalue weighted by Crippen LogP contribution is -2.28. The molecule has 1 aromatic carbocycles. The van der Waals surface area contributed by atoms with Crippen molar-refractivity contribution < 1.29 is 5.21 Å². The quantitative estimate of drug-likeness (QED) is 0.846. The molecular weight excluding hydrogens is 240 g/mol. The maximum absolute atomic E-state index is 9.68. The second-order valence-corrected chi connectivity index (χ2v) is 4.63. The highest BCUT2D eigenvalue weighted by Gasteiger charge is 2.16. The molecule has 100 valence electrons. The fourth-order valence-electron chi connectivity index (χ4n) is 1.74. The molecule has 5 nitrogen and oxygen atoms in total. The van der Waals surface area contributed by atoms with E-state index in [-0.39, 0.29) is 0 Å². The lowest BCUT2D eigenvalue weighted by Gasteiger charge is -2.23. The maximum atomic E-state index is 9.68. The van der Waals surface area contributed by atoms with Crippen LogP contribution in [0.25, 0.3) is 0 Å². The molecule has 1 N–H and O–H groups in total. The molecule has 0 aliphatic carbocycles. The number of benzene rings is 1. The number of hydroxylamine groups is 2. The summed E-state index contributed by atoms with van der Waals surface area (Å²) in [7, 11) is 3.98. The Morgan fingerprint density at radius 3 is 2.47 bits per heavy atom. The highest BCUT2D eigenvalue weighted by atomic mass is 16.5. The van der Waals surface area contributed by atoms with Crippen LogP contribution in [0.4, 0.5) is 11.4 Å². The van der Waals surface area contributed by atoms with Gasteiger partial charge in [0.1, 0.15) is 0 Å². The van der Waals surface area contributed by atoms with E-state index in [1.807, 2.05) is 56.3 Å². The predicted molar refractivity (Wildman–Crippen MR) is 75.6 cm³/mol. The molecule has 0 bridgehead atoms. The molecule has 1 aromatic rings. The third kappa shape index (κ3) is 3.20. The summed E-state index contributed by atoms with van der Waals surface area (Å²) in [6.45, 7) is 1.91. The van der Waals surface area contributed by atoms with Crippen molar-refractivity contribution in [2.75, 3.05) is 19.0 Å². The second-order valence-electron chi connectivity index (χ2n) is 4.63. The van der Waals surface area contributed by atoms with E-state index in [0.717, 1.165) is 22.0 Å². The molecule has 0 fully saturated rings. The molecule has 1 heterocycles. The van der Waals surface area contributed by atoms with Crippen LogP contribution in [0.5, 0.6) is 0 Å². The first-order valence-electron chi connectivity index (χ1n) is 6.08. The third-order valence-corrected chi connectivity index (χ3v) is 2.90. The Balaban J connectivity index is 2.10. The van der Waals surface area contributed by atoms with Crippen molar-refractivity contribution in [3.63, 3.8) is 0 Å². The summed E-state index contributed by atoms with van der Waals surface area (Å²) in [5, 5.41) is 19.0. The van der Waals surface area contributed by atoms with Gasteiger partial charge in [-0.1, -0.05) is 6.08 Å². The zero-order chi connectivity index (χ0) is 13.8. The van der Waals surface area contributed by atoms with Gasteiger partial charge in [-0.15, -0.1) is 0 Å². The maximum Gasteiger partial charge on any atom is 0.187 e. The van der Waals surface area contributed by atoms with Gasteiger partial charge in [-0.25, -0.2) is 5.06 Å². The minimum atomic E-state index is -0.446. The summed E-state index contributed by atoms with van der Waals surface area (Å²) in [5.74, 6) is 0. The van der Waals surface area contributed by atoms with Gasteiger partial charge in [0.05, 0.1) is 5.69 Å². The van der Waals surface area contributed by atoms with Gasteiger partial charge in [0.2, 0.25) is 0 Å². The number of nitrogens with zero attached hydrogens (tertiary/aromatic N) is 4. The highest BCUT2D eigenvalue weighted by molar-refractivity contribution is 5.51. The van der Waals surface area contributed by atoms with Crippen LogP contribution in [-0.2, 0) is 0 Å². The van der Waals surface area contributed by atoms with E-state index in [2.05, 4.69) is 10.2 Å². The van der Waals surface area contributed by atoms with Gasteiger partial charge in [-0.2, -0.15) is 10.2 Å². The standard InChI is InChI=1S/C14H18N4O/c1-11-5-4-10-18(19)14(11)16-15-12-6-8-13(9-7-12)17(2)3/h4-10,14,19H,1-3H3. The fourth-order valence-corrected chi connectivity index (χ4v) is 1.74. The molecular formula is C14H18N4O. The average molecular weight is 258 g/mol. The van der Waals surface area contributed by atoms with Crippen LogP contribution < -0.4 is 4.90 Å². The number of hydrogen-bond donors (Lipinski definition) is 1. The highest BCUT2D eigenvalue weighted by Crippen LogP contribution is 2.21. The Morgan fingerprint density at radius 2 is 1.89 bits per heavy atom. The van der Waals surface area contributed by atoms with Crippen molar-refractivity contribution in [3.8, 4) is 0 Å². The molecule has 0 amide bonds. The van der Waals surface area contributed by atoms with E-state index in [4.69, 9.17) is 0 Å². The summed E-state index contributed by atoms with van der Waals surface area (Å²) in [6, 6.07) is 7.76. The molecule has 1 unspecified atom stereocenters. The van der Waals surface area contributed by atoms with E-state index >= 15 is 0 Å². The second kappa shape index (κ2) is 5.67. The smallest absolute Gasteiger partial charge is 0.187 e. The Labute approximate surface area is 113 Å². The number of allylic oxidation sites excluding steroid dienone is 2. The molecule has 0 spiro atoms. The number of rotatable bonds is 3. The van der Waals surface area contributed by atoms with E-state index in [1.165, 1.54) is 0 Å². The molecule has 19 heavy (non-hydrogen) atoms. The van der Waals surface area contributed by atoms with Crippen molar-refractivity contribution >= 4 is 11.4 Å². The van der Waals surface area contributed by atoms with Gasteiger partial charge < -0.3 is 4.90 Å². The Morgan fingerprint density at radius 1 is 1.21 bits per heavy atom. The normalized spacial score (nSPS) is 18.8. The number of azo groups is 1. The van der Waals surface area contributed by atoms with Crippen LogP contribution in [0, 0.1) is 0 Å². The van der Waals surface area contributed by atoms with Crippen molar-refractivity contribution in [1.29, 1.82) is 0 Å². The summed E-state index contributed by atoms with van der Waals surface area (Å²) >= 11 is 0. The molecule has 0 aromatic heterocycles. The zero-order valence-corrected chi connectivity index (χ0v) is 11.4. The molecule has 5 heteroatoms. The lowest BCUT2D eigenvalue weighted by molar-refractivity contribution is -0.0682. The molecule has 1 aliphatic heterocycles. The van der Waals surface area contributed by atoms with Gasteiger partial charge in [0.25, 0.3) is 0 Å². The monoisotopic (exact) mass is 258 g/mol. The largest absolute Gasteiger partial charge is 0.378 e. The fraction of sp³-hybridized carbons (Fsp3) is 0.286. The van der Waals surface area contributed by atoms with Crippen LogP contribution in [0.1, 0.15) is 6.92 Å². The SMILES string of the molecule is CC1=CC=CN(O)C1N=Nc1ccc(N(C)C)cc1. The molecule has 0 saturated carbocycles. The minimum absolute atomic E-state index is 0.446. The summed E-state index contributed by atoms with van der Waals surface area (Å²) in [4.78, 5) is 2.02. The van der Waals surface area contributed by atoms with Crippen molar-refractivity contribution in [2.24, 2.45) is 10.2 Å². The van der Waals surface area contributed by atoms with E-state index in [0.29, 0.717) is 0 Å². The van der Waals surface area contributed by atoms with Crippen molar-refractivity contribution in [1.82, 2.24) is 5.06 Å². The first-order chi connectivity index (χ1) is 9.08. The van der Waals surface area contributed by atoms with Gasteiger partial charge in [0, 0.05) is 26.0 Å². The van der Waals surface area contributed by atoms with E-state index < -0.39 is 6.17 Å². The van der Waals surface area contributed by atoms with Gasteiger partial charge in [0.15, 0.2) is 6.17 Å². The third-order valence-electron chi connectivity index (χ3n) is 2.90. The van der Waals surface area contributed by atoms with Gasteiger partial charge in [-0.3, -0.25) is 5.21 Å². The molecule has 2 rings (SSSR count). The Bertz CT molecular complexity index is 517. The Kier molecular flexibility index (Phi) is 3.97. The van der Waals surface area contributed by atoms with E-state index in [1.54, 1.807) is 12.3 Å². The first kappa shape index (κ1) is 13.3. The van der Waals surface area contributed by atoms with Crippen LogP contribution in [0.15, 0.2) is 58.4 Å². The van der Waals surface area contributed by atoms with Crippen LogP contribution in [0.2, 0.25) is 0 Å². The number of anilines is 1.